The van der Waals surface area contributed by atoms with Gasteiger partial charge in [-0.1, -0.05) is 18.7 Å². The summed E-state index contributed by atoms with van der Waals surface area (Å²) in [6, 6.07) is 5.03. The zero-order chi connectivity index (χ0) is 10.6. The molecule has 1 rings (SSSR count). The quantitative estimate of drug-likeness (QED) is 0.550. The zero-order valence-electron chi connectivity index (χ0n) is 8.04. The van der Waals surface area contributed by atoms with Gasteiger partial charge in [-0.2, -0.15) is 0 Å². The van der Waals surface area contributed by atoms with Crippen LogP contribution in [0.1, 0.15) is 12.5 Å². The molecular weight excluding hydrogens is 187 g/mol. The number of para-hydroxylation sites is 1. The zero-order valence-corrected chi connectivity index (χ0v) is 8.04. The van der Waals surface area contributed by atoms with Crippen LogP contribution in [0.4, 0.5) is 4.53 Å². The maximum atomic E-state index is 11.5. The number of hydrogen-bond acceptors (Lipinski definition) is 3. The van der Waals surface area contributed by atoms with E-state index in [1.165, 1.54) is 13.2 Å². The topological polar surface area (TPSA) is 27.7 Å². The van der Waals surface area contributed by atoms with Crippen LogP contribution in [0.3, 0.4) is 0 Å². The maximum absolute atomic E-state index is 11.5. The molecule has 0 aliphatic rings. The molecule has 0 fully saturated rings. The lowest BCUT2D eigenvalue weighted by molar-refractivity contribution is -0.368. The van der Waals surface area contributed by atoms with E-state index < -0.39 is 0 Å². The second kappa shape index (κ2) is 4.62. The Balaban J connectivity index is 3.17. The number of methoxy groups -OCH3 is 1. The Hall–Kier alpha value is -1.55. The fraction of sp³-hybridized carbons (Fsp3) is 0.200. The van der Waals surface area contributed by atoms with Gasteiger partial charge in [0.15, 0.2) is 5.75 Å². The number of rotatable bonds is 4. The van der Waals surface area contributed by atoms with Gasteiger partial charge in [-0.05, 0) is 23.1 Å². The van der Waals surface area contributed by atoms with Crippen molar-refractivity contribution in [3.63, 3.8) is 0 Å². The first-order chi connectivity index (χ1) is 6.70. The molecule has 1 aromatic carbocycles. The standard InChI is InChI=1S/C10H11FO3/c1-7(2)8-5-4-6-9(13-14-11)10(8)12-3/h4-6H,1H2,2-3H3. The summed E-state index contributed by atoms with van der Waals surface area (Å²) in [5, 5.41) is 3.10. The summed E-state index contributed by atoms with van der Waals surface area (Å²) < 4.78 is 16.6. The molecule has 0 atom stereocenters. The van der Waals surface area contributed by atoms with E-state index in [0.717, 1.165) is 11.1 Å². The average Bonchev–Trinajstić information content (AvgIpc) is 2.18. The lowest BCUT2D eigenvalue weighted by atomic mass is 10.1. The lowest BCUT2D eigenvalue weighted by Crippen LogP contribution is -1.95. The van der Waals surface area contributed by atoms with Gasteiger partial charge in [0.1, 0.15) is 0 Å². The van der Waals surface area contributed by atoms with Crippen LogP contribution in [0, 0.1) is 0 Å². The van der Waals surface area contributed by atoms with Crippen molar-refractivity contribution in [1.29, 1.82) is 0 Å². The molecule has 0 saturated carbocycles. The summed E-state index contributed by atoms with van der Waals surface area (Å²) in [4.78, 5) is 4.29. The molecule has 0 N–H and O–H groups in total. The van der Waals surface area contributed by atoms with E-state index in [1.807, 2.05) is 6.92 Å². The normalized spacial score (nSPS) is 9.64. The highest BCUT2D eigenvalue weighted by Crippen LogP contribution is 2.34. The second-order valence-electron chi connectivity index (χ2n) is 2.76. The third kappa shape index (κ3) is 2.03. The van der Waals surface area contributed by atoms with Crippen LogP contribution >= 0.6 is 0 Å². The molecule has 0 heterocycles. The first kappa shape index (κ1) is 10.5. The third-order valence-corrected chi connectivity index (χ3v) is 1.76. The molecule has 14 heavy (non-hydrogen) atoms. The molecule has 0 aliphatic heterocycles. The number of allylic oxidation sites excluding steroid dienone is 1. The largest absolute Gasteiger partial charge is 0.492 e. The minimum atomic E-state index is 0.176. The van der Waals surface area contributed by atoms with Crippen molar-refractivity contribution in [1.82, 2.24) is 0 Å². The molecule has 0 radical (unpaired) electrons. The van der Waals surface area contributed by atoms with Crippen molar-refractivity contribution in [3.8, 4) is 11.5 Å². The molecule has 3 nitrogen and oxygen atoms in total. The van der Waals surface area contributed by atoms with Gasteiger partial charge in [-0.3, -0.25) is 0 Å². The van der Waals surface area contributed by atoms with Crippen LogP contribution in [0.15, 0.2) is 24.8 Å². The van der Waals surface area contributed by atoms with E-state index in [4.69, 9.17) is 4.74 Å². The van der Waals surface area contributed by atoms with Crippen LogP contribution in [0.2, 0.25) is 0 Å². The lowest BCUT2D eigenvalue weighted by Gasteiger charge is -2.10. The smallest absolute Gasteiger partial charge is 0.211 e. The van der Waals surface area contributed by atoms with E-state index in [1.54, 1.807) is 12.1 Å². The van der Waals surface area contributed by atoms with Crippen molar-refractivity contribution < 1.29 is 19.2 Å². The Bertz CT molecular complexity index is 336. The van der Waals surface area contributed by atoms with Gasteiger partial charge >= 0.3 is 0 Å². The molecule has 0 bridgehead atoms. The monoisotopic (exact) mass is 198 g/mol. The highest BCUT2D eigenvalue weighted by atomic mass is 19.3. The number of halogens is 1. The van der Waals surface area contributed by atoms with Gasteiger partial charge in [0.25, 0.3) is 0 Å². The van der Waals surface area contributed by atoms with Gasteiger partial charge in [0, 0.05) is 10.7 Å². The summed E-state index contributed by atoms with van der Waals surface area (Å²) in [6.07, 6.45) is 0. The van der Waals surface area contributed by atoms with E-state index >= 15 is 0 Å². The van der Waals surface area contributed by atoms with Crippen LogP contribution in [0.5, 0.6) is 11.5 Å². The number of hydrogen-bond donors (Lipinski definition) is 0. The Morgan fingerprint density at radius 3 is 2.64 bits per heavy atom. The molecule has 1 aromatic rings. The molecule has 0 amide bonds. The Morgan fingerprint density at radius 2 is 2.14 bits per heavy atom. The van der Waals surface area contributed by atoms with Gasteiger partial charge in [-0.25, -0.2) is 0 Å². The first-order valence-electron chi connectivity index (χ1n) is 3.99. The van der Waals surface area contributed by atoms with Crippen molar-refractivity contribution in [3.05, 3.63) is 30.3 Å². The predicted molar refractivity (Wildman–Crippen MR) is 50.5 cm³/mol. The summed E-state index contributed by atoms with van der Waals surface area (Å²) in [5.74, 6) is 0.577. The number of ether oxygens (including phenoxy) is 1. The molecule has 0 saturated heterocycles. The summed E-state index contributed by atoms with van der Waals surface area (Å²) in [7, 11) is 1.47. The van der Waals surface area contributed by atoms with Gasteiger partial charge < -0.3 is 9.62 Å². The van der Waals surface area contributed by atoms with Gasteiger partial charge in [0.2, 0.25) is 5.75 Å². The fourth-order valence-corrected chi connectivity index (χ4v) is 1.16. The second-order valence-corrected chi connectivity index (χ2v) is 2.76. The first-order valence-corrected chi connectivity index (χ1v) is 3.99. The van der Waals surface area contributed by atoms with Crippen molar-refractivity contribution in [2.24, 2.45) is 0 Å². The Morgan fingerprint density at radius 1 is 1.43 bits per heavy atom. The molecule has 0 aromatic heterocycles. The van der Waals surface area contributed by atoms with Crippen LogP contribution in [-0.2, 0) is 5.09 Å². The van der Waals surface area contributed by atoms with E-state index in [2.05, 4.69) is 16.6 Å². The Kier molecular flexibility index (Phi) is 3.48. The minimum Gasteiger partial charge on any atom is -0.492 e. The number of benzene rings is 1. The van der Waals surface area contributed by atoms with E-state index in [0.29, 0.717) is 5.75 Å². The van der Waals surface area contributed by atoms with Crippen LogP contribution in [0.25, 0.3) is 5.57 Å². The predicted octanol–water partition coefficient (Wildman–Crippen LogP) is 2.92. The highest BCUT2D eigenvalue weighted by molar-refractivity contribution is 5.70. The summed E-state index contributed by atoms with van der Waals surface area (Å²) >= 11 is 0. The molecular formula is C10H11FO3. The van der Waals surface area contributed by atoms with Crippen molar-refractivity contribution in [2.45, 2.75) is 6.92 Å². The highest BCUT2D eigenvalue weighted by Gasteiger charge is 2.11. The Labute approximate surface area is 81.5 Å². The van der Waals surface area contributed by atoms with Gasteiger partial charge in [-0.15, -0.1) is 0 Å². The molecule has 0 unspecified atom stereocenters. The molecule has 0 spiro atoms. The summed E-state index contributed by atoms with van der Waals surface area (Å²) in [5.41, 5.74) is 1.55. The van der Waals surface area contributed by atoms with Crippen LogP contribution < -0.4 is 9.62 Å². The average molecular weight is 198 g/mol. The van der Waals surface area contributed by atoms with E-state index in [9.17, 15) is 4.53 Å². The third-order valence-electron chi connectivity index (χ3n) is 1.76. The minimum absolute atomic E-state index is 0.176. The fourth-order valence-electron chi connectivity index (χ4n) is 1.16. The SMILES string of the molecule is C=C(C)c1cccc(OOF)c1OC. The van der Waals surface area contributed by atoms with Crippen molar-refractivity contribution >= 4 is 5.57 Å². The molecule has 0 aliphatic carbocycles. The molecule has 76 valence electrons. The van der Waals surface area contributed by atoms with Crippen LogP contribution in [-0.4, -0.2) is 7.11 Å². The maximum Gasteiger partial charge on any atom is 0.211 e. The van der Waals surface area contributed by atoms with Gasteiger partial charge in [0.05, 0.1) is 7.11 Å². The van der Waals surface area contributed by atoms with E-state index in [-0.39, 0.29) is 5.75 Å². The summed E-state index contributed by atoms with van der Waals surface area (Å²) in [6.45, 7) is 5.58. The molecule has 4 heteroatoms. The van der Waals surface area contributed by atoms with Crippen molar-refractivity contribution in [2.75, 3.05) is 7.11 Å².